The summed E-state index contributed by atoms with van der Waals surface area (Å²) in [6, 6.07) is 17.6. The number of esters is 1. The van der Waals surface area contributed by atoms with Gasteiger partial charge in [0.05, 0.1) is 6.42 Å². The third-order valence-electron chi connectivity index (χ3n) is 3.73. The van der Waals surface area contributed by atoms with Crippen LogP contribution in [0, 0.1) is 0 Å². The Hall–Kier alpha value is -2.29. The quantitative estimate of drug-likeness (QED) is 0.731. The van der Waals surface area contributed by atoms with Gasteiger partial charge < -0.3 is 9.47 Å². The van der Waals surface area contributed by atoms with Gasteiger partial charge in [-0.15, -0.1) is 0 Å². The van der Waals surface area contributed by atoms with Crippen molar-refractivity contribution in [3.05, 3.63) is 65.7 Å². The van der Waals surface area contributed by atoms with E-state index in [0.29, 0.717) is 6.61 Å². The second-order valence-corrected chi connectivity index (χ2v) is 7.05. The minimum Gasteiger partial charge on any atom is -0.490 e. The molecule has 2 aromatic carbocycles. The Kier molecular flexibility index (Phi) is 6.02. The van der Waals surface area contributed by atoms with E-state index in [9.17, 15) is 4.79 Å². The van der Waals surface area contributed by atoms with Gasteiger partial charge in [-0.25, -0.2) is 0 Å². The van der Waals surface area contributed by atoms with Gasteiger partial charge in [-0.1, -0.05) is 63.2 Å². The first-order chi connectivity index (χ1) is 11.3. The summed E-state index contributed by atoms with van der Waals surface area (Å²) >= 11 is 0. The van der Waals surface area contributed by atoms with Crippen molar-refractivity contribution in [3.8, 4) is 5.75 Å². The molecule has 1 atom stereocenters. The molecule has 0 aliphatic rings. The summed E-state index contributed by atoms with van der Waals surface area (Å²) in [4.78, 5) is 11.9. The molecule has 0 N–H and O–H groups in total. The van der Waals surface area contributed by atoms with E-state index in [1.165, 1.54) is 5.56 Å². The first kappa shape index (κ1) is 18.1. The van der Waals surface area contributed by atoms with Gasteiger partial charge in [-0.3, -0.25) is 4.79 Å². The summed E-state index contributed by atoms with van der Waals surface area (Å²) in [6.45, 7) is 8.72. The second-order valence-electron chi connectivity index (χ2n) is 7.05. The van der Waals surface area contributed by atoms with E-state index >= 15 is 0 Å². The Morgan fingerprint density at radius 3 is 2.21 bits per heavy atom. The maximum Gasteiger partial charge on any atom is 0.310 e. The van der Waals surface area contributed by atoms with Gasteiger partial charge in [0.15, 0.2) is 0 Å². The van der Waals surface area contributed by atoms with Crippen molar-refractivity contribution in [2.75, 3.05) is 6.61 Å². The summed E-state index contributed by atoms with van der Waals surface area (Å²) in [5.74, 6) is 0.550. The minimum atomic E-state index is -0.288. The molecule has 0 radical (unpaired) electrons. The minimum absolute atomic E-state index is 0.124. The molecule has 0 amide bonds. The van der Waals surface area contributed by atoms with Gasteiger partial charge in [0, 0.05) is 0 Å². The lowest BCUT2D eigenvalue weighted by atomic mass is 9.87. The Balaban J connectivity index is 1.78. The average Bonchev–Trinajstić information content (AvgIpc) is 2.53. The van der Waals surface area contributed by atoms with E-state index in [0.717, 1.165) is 11.3 Å². The monoisotopic (exact) mass is 326 g/mol. The zero-order chi connectivity index (χ0) is 17.6. The standard InChI is InChI=1S/C21H26O3/c1-16(24-20(22)14-17-8-6-5-7-9-17)15-23-19-12-10-18(11-13-19)21(2,3)4/h5-13,16H,14-15H2,1-4H3/t16-/m0/s1. The molecule has 0 heterocycles. The SMILES string of the molecule is C[C@@H](COc1ccc(C(C)(C)C)cc1)OC(=O)Cc1ccccc1. The molecule has 0 saturated carbocycles. The van der Waals surface area contributed by atoms with Gasteiger partial charge in [-0.05, 0) is 35.6 Å². The predicted octanol–water partition coefficient (Wildman–Crippen LogP) is 4.54. The van der Waals surface area contributed by atoms with E-state index in [2.05, 4.69) is 32.9 Å². The fourth-order valence-electron chi connectivity index (χ4n) is 2.33. The van der Waals surface area contributed by atoms with Crippen LogP contribution in [0.3, 0.4) is 0 Å². The number of benzene rings is 2. The Bertz CT molecular complexity index is 639. The van der Waals surface area contributed by atoms with Crippen molar-refractivity contribution in [2.45, 2.75) is 45.6 Å². The largest absolute Gasteiger partial charge is 0.490 e. The molecule has 0 fully saturated rings. The maximum absolute atomic E-state index is 11.9. The summed E-state index contributed by atoms with van der Waals surface area (Å²) in [5, 5.41) is 0. The number of carbonyl (C=O) groups excluding carboxylic acids is 1. The van der Waals surface area contributed by atoms with Gasteiger partial charge in [0.25, 0.3) is 0 Å². The van der Waals surface area contributed by atoms with Crippen molar-refractivity contribution in [3.63, 3.8) is 0 Å². The maximum atomic E-state index is 11.9. The number of carbonyl (C=O) groups is 1. The molecule has 0 unspecified atom stereocenters. The Labute approximate surface area is 144 Å². The molecule has 2 rings (SSSR count). The molecular weight excluding hydrogens is 300 g/mol. The first-order valence-corrected chi connectivity index (χ1v) is 8.31. The molecule has 0 bridgehead atoms. The highest BCUT2D eigenvalue weighted by molar-refractivity contribution is 5.72. The van der Waals surface area contributed by atoms with E-state index in [-0.39, 0.29) is 23.9 Å². The lowest BCUT2D eigenvalue weighted by Crippen LogP contribution is -2.23. The molecule has 128 valence electrons. The topological polar surface area (TPSA) is 35.5 Å². The summed E-state index contributed by atoms with van der Waals surface area (Å²) in [7, 11) is 0. The van der Waals surface area contributed by atoms with Crippen molar-refractivity contribution < 1.29 is 14.3 Å². The third-order valence-corrected chi connectivity index (χ3v) is 3.73. The molecule has 0 saturated heterocycles. The van der Waals surface area contributed by atoms with Crippen molar-refractivity contribution >= 4 is 5.97 Å². The van der Waals surface area contributed by atoms with E-state index in [1.807, 2.05) is 49.4 Å². The summed E-state index contributed by atoms with van der Waals surface area (Å²) in [6.07, 6.45) is -0.00523. The average molecular weight is 326 g/mol. The second kappa shape index (κ2) is 8.00. The number of ether oxygens (including phenoxy) is 2. The van der Waals surface area contributed by atoms with Crippen LogP contribution >= 0.6 is 0 Å². The fraction of sp³-hybridized carbons (Fsp3) is 0.381. The number of hydrogen-bond acceptors (Lipinski definition) is 3. The Morgan fingerprint density at radius 1 is 1.00 bits per heavy atom. The van der Waals surface area contributed by atoms with Gasteiger partial charge in [-0.2, -0.15) is 0 Å². The summed E-state index contributed by atoms with van der Waals surface area (Å²) < 4.78 is 11.1. The molecule has 0 aromatic heterocycles. The zero-order valence-electron chi connectivity index (χ0n) is 14.9. The molecule has 2 aromatic rings. The molecule has 0 aliphatic carbocycles. The first-order valence-electron chi connectivity index (χ1n) is 8.31. The molecule has 3 nitrogen and oxygen atoms in total. The van der Waals surface area contributed by atoms with Gasteiger partial charge in [0.2, 0.25) is 0 Å². The summed E-state index contributed by atoms with van der Waals surface area (Å²) in [5.41, 5.74) is 2.34. The van der Waals surface area contributed by atoms with Crippen molar-refractivity contribution in [1.82, 2.24) is 0 Å². The highest BCUT2D eigenvalue weighted by Gasteiger charge is 2.14. The number of rotatable bonds is 6. The van der Waals surface area contributed by atoms with Crippen LogP contribution in [-0.4, -0.2) is 18.7 Å². The van der Waals surface area contributed by atoms with Gasteiger partial charge >= 0.3 is 5.97 Å². The normalized spacial score (nSPS) is 12.5. The fourth-order valence-corrected chi connectivity index (χ4v) is 2.33. The predicted molar refractivity (Wildman–Crippen MR) is 96.3 cm³/mol. The molecule has 0 spiro atoms. The Morgan fingerprint density at radius 2 is 1.62 bits per heavy atom. The van der Waals surface area contributed by atoms with Crippen LogP contribution in [0.25, 0.3) is 0 Å². The lowest BCUT2D eigenvalue weighted by molar-refractivity contribution is -0.148. The van der Waals surface area contributed by atoms with Crippen LogP contribution in [0.15, 0.2) is 54.6 Å². The van der Waals surface area contributed by atoms with Crippen molar-refractivity contribution in [2.24, 2.45) is 0 Å². The van der Waals surface area contributed by atoms with Crippen LogP contribution in [0.4, 0.5) is 0 Å². The highest BCUT2D eigenvalue weighted by Crippen LogP contribution is 2.24. The highest BCUT2D eigenvalue weighted by atomic mass is 16.6. The van der Waals surface area contributed by atoms with Crippen LogP contribution in [0.5, 0.6) is 5.75 Å². The van der Waals surface area contributed by atoms with E-state index in [1.54, 1.807) is 0 Å². The molecule has 0 aliphatic heterocycles. The molecule has 24 heavy (non-hydrogen) atoms. The smallest absolute Gasteiger partial charge is 0.310 e. The zero-order valence-corrected chi connectivity index (χ0v) is 14.9. The van der Waals surface area contributed by atoms with Crippen LogP contribution in [0.2, 0.25) is 0 Å². The van der Waals surface area contributed by atoms with Crippen LogP contribution < -0.4 is 4.74 Å². The van der Waals surface area contributed by atoms with Crippen LogP contribution in [-0.2, 0) is 21.4 Å². The van der Waals surface area contributed by atoms with Crippen molar-refractivity contribution in [1.29, 1.82) is 0 Å². The number of hydrogen-bond donors (Lipinski definition) is 0. The molecule has 3 heteroatoms. The van der Waals surface area contributed by atoms with Crippen LogP contribution in [0.1, 0.15) is 38.8 Å². The van der Waals surface area contributed by atoms with E-state index in [4.69, 9.17) is 9.47 Å². The van der Waals surface area contributed by atoms with E-state index < -0.39 is 0 Å². The van der Waals surface area contributed by atoms with Gasteiger partial charge in [0.1, 0.15) is 18.5 Å². The lowest BCUT2D eigenvalue weighted by Gasteiger charge is -2.19. The molecular formula is C21H26O3. The third kappa shape index (κ3) is 5.73.